The maximum absolute atomic E-state index is 11.9. The van der Waals surface area contributed by atoms with Crippen molar-refractivity contribution in [2.75, 3.05) is 14.1 Å². The first-order chi connectivity index (χ1) is 9.41. The van der Waals surface area contributed by atoms with Gasteiger partial charge in [-0.25, -0.2) is 17.5 Å². The van der Waals surface area contributed by atoms with Crippen LogP contribution in [0.25, 0.3) is 0 Å². The van der Waals surface area contributed by atoms with E-state index in [4.69, 9.17) is 4.74 Å². The van der Waals surface area contributed by atoms with Crippen molar-refractivity contribution in [3.8, 4) is 0 Å². The summed E-state index contributed by atoms with van der Waals surface area (Å²) in [6.07, 6.45) is 4.03. The van der Waals surface area contributed by atoms with Gasteiger partial charge in [0.05, 0.1) is 10.5 Å². The van der Waals surface area contributed by atoms with Gasteiger partial charge in [0.2, 0.25) is 10.0 Å². The van der Waals surface area contributed by atoms with Crippen LogP contribution in [0.1, 0.15) is 36.0 Å². The summed E-state index contributed by atoms with van der Waals surface area (Å²) >= 11 is 0. The average molecular weight is 297 g/mol. The summed E-state index contributed by atoms with van der Waals surface area (Å²) in [6, 6.07) is 5.85. The Hall–Kier alpha value is -1.40. The van der Waals surface area contributed by atoms with Crippen LogP contribution in [0.2, 0.25) is 0 Å². The molecule has 0 radical (unpaired) electrons. The zero-order valence-electron chi connectivity index (χ0n) is 11.7. The largest absolute Gasteiger partial charge is 0.459 e. The van der Waals surface area contributed by atoms with E-state index in [0.717, 1.165) is 30.0 Å². The van der Waals surface area contributed by atoms with Gasteiger partial charge in [-0.2, -0.15) is 0 Å². The first-order valence-corrected chi connectivity index (χ1v) is 8.09. The molecule has 5 nitrogen and oxygen atoms in total. The molecule has 1 fully saturated rings. The third-order valence-corrected chi connectivity index (χ3v) is 5.27. The number of benzene rings is 1. The number of carbonyl (C=O) groups excluding carboxylic acids is 1. The van der Waals surface area contributed by atoms with Gasteiger partial charge in [-0.1, -0.05) is 0 Å². The molecule has 1 aliphatic carbocycles. The molecule has 20 heavy (non-hydrogen) atoms. The third-order valence-electron chi connectivity index (χ3n) is 3.44. The molecule has 0 N–H and O–H groups in total. The summed E-state index contributed by atoms with van der Waals surface area (Å²) in [5, 5.41) is 0. The summed E-state index contributed by atoms with van der Waals surface area (Å²) in [4.78, 5) is 12.1. The van der Waals surface area contributed by atoms with Crippen molar-refractivity contribution in [2.45, 2.75) is 36.7 Å². The molecule has 0 aliphatic heterocycles. The molecular formula is C14H19NO4S. The number of nitrogens with zero attached hydrogens (tertiary/aromatic N) is 1. The summed E-state index contributed by atoms with van der Waals surface area (Å²) in [7, 11) is -0.521. The second-order valence-electron chi connectivity index (χ2n) is 5.12. The Kier molecular flexibility index (Phi) is 4.45. The summed E-state index contributed by atoms with van der Waals surface area (Å²) in [5.41, 5.74) is 0.384. The predicted molar refractivity (Wildman–Crippen MR) is 75.0 cm³/mol. The van der Waals surface area contributed by atoms with E-state index in [0.29, 0.717) is 5.56 Å². The molecule has 0 heterocycles. The van der Waals surface area contributed by atoms with E-state index in [2.05, 4.69) is 0 Å². The Labute approximate surface area is 119 Å². The van der Waals surface area contributed by atoms with Crippen molar-refractivity contribution >= 4 is 16.0 Å². The second kappa shape index (κ2) is 5.93. The van der Waals surface area contributed by atoms with Gasteiger partial charge >= 0.3 is 5.97 Å². The lowest BCUT2D eigenvalue weighted by Crippen LogP contribution is -2.22. The minimum Gasteiger partial charge on any atom is -0.459 e. The molecule has 2 rings (SSSR count). The molecule has 1 aliphatic rings. The molecule has 6 heteroatoms. The fourth-order valence-electron chi connectivity index (χ4n) is 2.20. The standard InChI is InChI=1S/C14H19NO4S/c1-15(2)20(17,18)13-9-7-11(8-10-13)14(16)19-12-5-3-4-6-12/h7-10,12H,3-6H2,1-2H3. The van der Waals surface area contributed by atoms with Gasteiger partial charge in [0.15, 0.2) is 0 Å². The summed E-state index contributed by atoms with van der Waals surface area (Å²) < 4.78 is 30.3. The van der Waals surface area contributed by atoms with Gasteiger partial charge < -0.3 is 4.74 Å². The molecule has 0 spiro atoms. The Bertz CT molecular complexity index is 572. The number of rotatable bonds is 4. The Balaban J connectivity index is 2.10. The van der Waals surface area contributed by atoms with Crippen molar-refractivity contribution in [1.29, 1.82) is 0 Å². The van der Waals surface area contributed by atoms with Crippen molar-refractivity contribution in [3.05, 3.63) is 29.8 Å². The van der Waals surface area contributed by atoms with Crippen molar-refractivity contribution in [2.24, 2.45) is 0 Å². The van der Waals surface area contributed by atoms with Gasteiger partial charge in [0, 0.05) is 14.1 Å². The zero-order valence-corrected chi connectivity index (χ0v) is 12.5. The lowest BCUT2D eigenvalue weighted by atomic mass is 10.2. The van der Waals surface area contributed by atoms with Crippen molar-refractivity contribution < 1.29 is 17.9 Å². The Morgan fingerprint density at radius 2 is 1.70 bits per heavy atom. The molecule has 0 saturated heterocycles. The van der Waals surface area contributed by atoms with E-state index < -0.39 is 10.0 Å². The monoisotopic (exact) mass is 297 g/mol. The normalized spacial score (nSPS) is 16.6. The van der Waals surface area contributed by atoms with Gasteiger partial charge in [0.1, 0.15) is 6.10 Å². The van der Waals surface area contributed by atoms with Gasteiger partial charge in [-0.3, -0.25) is 0 Å². The molecule has 110 valence electrons. The number of hydrogen-bond donors (Lipinski definition) is 0. The Morgan fingerprint density at radius 1 is 1.15 bits per heavy atom. The zero-order chi connectivity index (χ0) is 14.8. The minimum absolute atomic E-state index is 0.00712. The smallest absolute Gasteiger partial charge is 0.338 e. The molecule has 1 aromatic rings. The SMILES string of the molecule is CN(C)S(=O)(=O)c1ccc(C(=O)OC2CCCC2)cc1. The average Bonchev–Trinajstić information content (AvgIpc) is 2.91. The number of sulfonamides is 1. The number of hydrogen-bond acceptors (Lipinski definition) is 4. The Morgan fingerprint density at radius 3 is 2.20 bits per heavy atom. The van der Waals surface area contributed by atoms with Crippen LogP contribution in [0.5, 0.6) is 0 Å². The highest BCUT2D eigenvalue weighted by atomic mass is 32.2. The quantitative estimate of drug-likeness (QED) is 0.798. The summed E-state index contributed by atoms with van der Waals surface area (Å²) in [6.45, 7) is 0. The van der Waals surface area contributed by atoms with E-state index in [-0.39, 0.29) is 17.0 Å². The van der Waals surface area contributed by atoms with E-state index >= 15 is 0 Å². The van der Waals surface area contributed by atoms with Crippen LogP contribution < -0.4 is 0 Å². The lowest BCUT2D eigenvalue weighted by molar-refractivity contribution is 0.0318. The highest BCUT2D eigenvalue weighted by molar-refractivity contribution is 7.89. The molecule has 1 aromatic carbocycles. The fraction of sp³-hybridized carbons (Fsp3) is 0.500. The van der Waals surface area contributed by atoms with Crippen LogP contribution in [-0.4, -0.2) is 38.9 Å². The maximum Gasteiger partial charge on any atom is 0.338 e. The van der Waals surface area contributed by atoms with Crippen LogP contribution in [0.4, 0.5) is 0 Å². The van der Waals surface area contributed by atoms with Gasteiger partial charge in [-0.05, 0) is 49.9 Å². The van der Waals surface area contributed by atoms with Crippen LogP contribution in [0.3, 0.4) is 0 Å². The third kappa shape index (κ3) is 3.19. The van der Waals surface area contributed by atoms with E-state index in [1.54, 1.807) is 0 Å². The lowest BCUT2D eigenvalue weighted by Gasteiger charge is -2.13. The van der Waals surface area contributed by atoms with Crippen molar-refractivity contribution in [1.82, 2.24) is 4.31 Å². The number of carbonyl (C=O) groups is 1. The maximum atomic E-state index is 11.9. The second-order valence-corrected chi connectivity index (χ2v) is 7.28. The van der Waals surface area contributed by atoms with E-state index in [1.807, 2.05) is 0 Å². The van der Waals surface area contributed by atoms with Gasteiger partial charge in [-0.15, -0.1) is 0 Å². The first kappa shape index (κ1) is 15.0. The van der Waals surface area contributed by atoms with Crippen LogP contribution in [0.15, 0.2) is 29.2 Å². The van der Waals surface area contributed by atoms with Crippen LogP contribution in [0, 0.1) is 0 Å². The molecule has 0 atom stereocenters. The van der Waals surface area contributed by atoms with E-state index in [9.17, 15) is 13.2 Å². The molecule has 0 aromatic heterocycles. The number of esters is 1. The molecule has 0 unspecified atom stereocenters. The molecule has 0 amide bonds. The molecular weight excluding hydrogens is 278 g/mol. The fourth-order valence-corrected chi connectivity index (χ4v) is 3.10. The first-order valence-electron chi connectivity index (χ1n) is 6.65. The number of ether oxygens (including phenoxy) is 1. The highest BCUT2D eigenvalue weighted by Crippen LogP contribution is 2.22. The summed E-state index contributed by atoms with van der Waals surface area (Å²) in [5.74, 6) is -0.384. The van der Waals surface area contributed by atoms with Crippen LogP contribution >= 0.6 is 0 Å². The molecule has 0 bridgehead atoms. The van der Waals surface area contributed by atoms with Crippen LogP contribution in [-0.2, 0) is 14.8 Å². The highest BCUT2D eigenvalue weighted by Gasteiger charge is 2.21. The van der Waals surface area contributed by atoms with Gasteiger partial charge in [0.25, 0.3) is 0 Å². The molecule has 1 saturated carbocycles. The topological polar surface area (TPSA) is 63.7 Å². The predicted octanol–water partition coefficient (Wildman–Crippen LogP) is 2.04. The minimum atomic E-state index is -3.46. The van der Waals surface area contributed by atoms with Crippen molar-refractivity contribution in [3.63, 3.8) is 0 Å². The van der Waals surface area contributed by atoms with E-state index in [1.165, 1.54) is 38.4 Å².